The standard InChI is InChI=1S/C11H13N3O2S/c12-4-1-5-14(9-2-3-9)11-13-8(7-17-11)6-10(15)16/h7,9H,1-3,5-6H2,(H,15,16). The molecule has 1 aromatic heterocycles. The van der Waals surface area contributed by atoms with Crippen LogP contribution < -0.4 is 4.90 Å². The Kier molecular flexibility index (Phi) is 3.59. The molecule has 0 radical (unpaired) electrons. The average Bonchev–Trinajstić information content (AvgIpc) is 3.00. The van der Waals surface area contributed by atoms with E-state index in [1.807, 2.05) is 0 Å². The van der Waals surface area contributed by atoms with Gasteiger partial charge >= 0.3 is 5.97 Å². The van der Waals surface area contributed by atoms with Crippen LogP contribution in [0.1, 0.15) is 25.0 Å². The van der Waals surface area contributed by atoms with Crippen LogP contribution in [-0.2, 0) is 11.2 Å². The largest absolute Gasteiger partial charge is 0.481 e. The molecule has 1 heterocycles. The zero-order valence-corrected chi connectivity index (χ0v) is 10.1. The van der Waals surface area contributed by atoms with Gasteiger partial charge in [0, 0.05) is 18.0 Å². The molecule has 0 aromatic carbocycles. The van der Waals surface area contributed by atoms with Gasteiger partial charge in [-0.1, -0.05) is 0 Å². The number of carboxylic acids is 1. The van der Waals surface area contributed by atoms with Gasteiger partial charge in [0.15, 0.2) is 5.13 Å². The van der Waals surface area contributed by atoms with Crippen LogP contribution in [0.15, 0.2) is 5.38 Å². The van der Waals surface area contributed by atoms with Gasteiger partial charge in [0.25, 0.3) is 0 Å². The molecule has 6 heteroatoms. The molecule has 0 bridgehead atoms. The number of aromatic nitrogens is 1. The van der Waals surface area contributed by atoms with Crippen LogP contribution in [0.3, 0.4) is 0 Å². The Hall–Kier alpha value is -1.61. The maximum absolute atomic E-state index is 10.6. The number of carbonyl (C=O) groups is 1. The van der Waals surface area contributed by atoms with Crippen LogP contribution in [0.25, 0.3) is 0 Å². The first-order chi connectivity index (χ1) is 8.20. The fourth-order valence-corrected chi connectivity index (χ4v) is 2.58. The van der Waals surface area contributed by atoms with Crippen LogP contribution in [0.5, 0.6) is 0 Å². The zero-order chi connectivity index (χ0) is 12.3. The molecule has 0 unspecified atom stereocenters. The Balaban J connectivity index is 2.05. The summed E-state index contributed by atoms with van der Waals surface area (Å²) in [5.74, 6) is -0.864. The molecule has 1 aliphatic carbocycles. The second-order valence-corrected chi connectivity index (χ2v) is 4.86. The minimum absolute atomic E-state index is 0.0345. The normalized spacial score (nSPS) is 14.3. The number of nitriles is 1. The molecule has 90 valence electrons. The van der Waals surface area contributed by atoms with Gasteiger partial charge in [-0.25, -0.2) is 4.98 Å². The molecule has 2 rings (SSSR count). The van der Waals surface area contributed by atoms with Crippen molar-refractivity contribution in [2.24, 2.45) is 0 Å². The van der Waals surface area contributed by atoms with Gasteiger partial charge < -0.3 is 10.0 Å². The lowest BCUT2D eigenvalue weighted by Crippen LogP contribution is -2.26. The average molecular weight is 251 g/mol. The van der Waals surface area contributed by atoms with Crippen LogP contribution in [0, 0.1) is 11.3 Å². The lowest BCUT2D eigenvalue weighted by Gasteiger charge is -2.19. The van der Waals surface area contributed by atoms with E-state index >= 15 is 0 Å². The van der Waals surface area contributed by atoms with Crippen molar-refractivity contribution in [3.05, 3.63) is 11.1 Å². The van der Waals surface area contributed by atoms with E-state index in [1.165, 1.54) is 11.3 Å². The number of hydrogen-bond donors (Lipinski definition) is 1. The predicted molar refractivity (Wildman–Crippen MR) is 64.1 cm³/mol. The highest BCUT2D eigenvalue weighted by Gasteiger charge is 2.30. The maximum Gasteiger partial charge on any atom is 0.309 e. The number of carboxylic acid groups (broad SMARTS) is 1. The number of anilines is 1. The van der Waals surface area contributed by atoms with Crippen molar-refractivity contribution >= 4 is 22.4 Å². The second-order valence-electron chi connectivity index (χ2n) is 4.02. The Morgan fingerprint density at radius 1 is 1.71 bits per heavy atom. The van der Waals surface area contributed by atoms with Gasteiger partial charge in [0.2, 0.25) is 0 Å². The van der Waals surface area contributed by atoms with E-state index < -0.39 is 5.97 Å². The molecule has 0 atom stereocenters. The third-order valence-corrected chi connectivity index (χ3v) is 3.50. The molecule has 0 aliphatic heterocycles. The topological polar surface area (TPSA) is 77.2 Å². The van der Waals surface area contributed by atoms with Crippen LogP contribution in [-0.4, -0.2) is 28.6 Å². The van der Waals surface area contributed by atoms with Crippen LogP contribution in [0.4, 0.5) is 5.13 Å². The Labute approximate surface area is 103 Å². The van der Waals surface area contributed by atoms with E-state index in [-0.39, 0.29) is 6.42 Å². The molecule has 0 saturated heterocycles. The molecule has 0 amide bonds. The number of thiazole rings is 1. The molecule has 1 aliphatic rings. The van der Waals surface area contributed by atoms with E-state index in [0.29, 0.717) is 24.7 Å². The minimum Gasteiger partial charge on any atom is -0.481 e. The van der Waals surface area contributed by atoms with Crippen LogP contribution >= 0.6 is 11.3 Å². The first kappa shape index (κ1) is 11.9. The molecule has 17 heavy (non-hydrogen) atoms. The van der Waals surface area contributed by atoms with Gasteiger partial charge in [0.05, 0.1) is 24.6 Å². The first-order valence-corrected chi connectivity index (χ1v) is 6.38. The van der Waals surface area contributed by atoms with E-state index in [9.17, 15) is 4.79 Å². The van der Waals surface area contributed by atoms with Gasteiger partial charge in [-0.05, 0) is 12.8 Å². The Morgan fingerprint density at radius 2 is 2.47 bits per heavy atom. The maximum atomic E-state index is 10.6. The number of rotatable bonds is 6. The highest BCUT2D eigenvalue weighted by Crippen LogP contribution is 2.33. The fraction of sp³-hybridized carbons (Fsp3) is 0.545. The quantitative estimate of drug-likeness (QED) is 0.831. The lowest BCUT2D eigenvalue weighted by atomic mass is 10.3. The van der Waals surface area contributed by atoms with E-state index in [0.717, 1.165) is 18.0 Å². The summed E-state index contributed by atoms with van der Waals surface area (Å²) in [6.45, 7) is 0.682. The summed E-state index contributed by atoms with van der Waals surface area (Å²) >= 11 is 1.46. The number of nitrogens with zero attached hydrogens (tertiary/aromatic N) is 3. The van der Waals surface area contributed by atoms with Gasteiger partial charge in [-0.3, -0.25) is 4.79 Å². The summed E-state index contributed by atoms with van der Waals surface area (Å²) in [6, 6.07) is 2.62. The fourth-order valence-electron chi connectivity index (χ4n) is 1.66. The summed E-state index contributed by atoms with van der Waals surface area (Å²) < 4.78 is 0. The Morgan fingerprint density at radius 3 is 3.06 bits per heavy atom. The number of aliphatic carboxylic acids is 1. The smallest absolute Gasteiger partial charge is 0.309 e. The van der Waals surface area contributed by atoms with Crippen molar-refractivity contribution in [1.29, 1.82) is 5.26 Å². The highest BCUT2D eigenvalue weighted by atomic mass is 32.1. The third kappa shape index (κ3) is 3.17. The van der Waals surface area contributed by atoms with Gasteiger partial charge in [0.1, 0.15) is 0 Å². The second kappa shape index (κ2) is 5.15. The number of hydrogen-bond acceptors (Lipinski definition) is 5. The molecule has 1 N–H and O–H groups in total. The Bertz CT molecular complexity index is 448. The minimum atomic E-state index is -0.864. The van der Waals surface area contributed by atoms with Crippen LogP contribution in [0.2, 0.25) is 0 Å². The molecule has 5 nitrogen and oxygen atoms in total. The molecule has 1 aromatic rings. The van der Waals surface area contributed by atoms with Crippen molar-refractivity contribution in [2.45, 2.75) is 31.7 Å². The predicted octanol–water partition coefficient (Wildman–Crippen LogP) is 1.65. The first-order valence-electron chi connectivity index (χ1n) is 5.50. The summed E-state index contributed by atoms with van der Waals surface area (Å²) in [5, 5.41) is 19.9. The SMILES string of the molecule is N#CCCN(c1nc(CC(=O)O)cs1)C1CC1. The van der Waals surface area contributed by atoms with E-state index in [2.05, 4.69) is 16.0 Å². The lowest BCUT2D eigenvalue weighted by molar-refractivity contribution is -0.136. The summed E-state index contributed by atoms with van der Waals surface area (Å²) in [5.41, 5.74) is 0.597. The van der Waals surface area contributed by atoms with Crippen molar-refractivity contribution < 1.29 is 9.90 Å². The summed E-state index contributed by atoms with van der Waals surface area (Å²) in [7, 11) is 0. The van der Waals surface area contributed by atoms with Crippen molar-refractivity contribution in [1.82, 2.24) is 4.98 Å². The highest BCUT2D eigenvalue weighted by molar-refractivity contribution is 7.13. The summed E-state index contributed by atoms with van der Waals surface area (Å²) in [6.07, 6.45) is 2.72. The molecule has 1 saturated carbocycles. The van der Waals surface area contributed by atoms with Crippen molar-refractivity contribution in [3.63, 3.8) is 0 Å². The van der Waals surface area contributed by atoms with Gasteiger partial charge in [-0.15, -0.1) is 11.3 Å². The molecular formula is C11H13N3O2S. The van der Waals surface area contributed by atoms with Crippen molar-refractivity contribution in [3.8, 4) is 6.07 Å². The zero-order valence-electron chi connectivity index (χ0n) is 9.30. The molecular weight excluding hydrogens is 238 g/mol. The van der Waals surface area contributed by atoms with Gasteiger partial charge in [-0.2, -0.15) is 5.26 Å². The monoisotopic (exact) mass is 251 g/mol. The van der Waals surface area contributed by atoms with Crippen molar-refractivity contribution in [2.75, 3.05) is 11.4 Å². The third-order valence-electron chi connectivity index (χ3n) is 2.57. The molecule has 1 fully saturated rings. The van der Waals surface area contributed by atoms with E-state index in [4.69, 9.17) is 10.4 Å². The van der Waals surface area contributed by atoms with E-state index in [1.54, 1.807) is 5.38 Å². The molecule has 0 spiro atoms. The summed E-state index contributed by atoms with van der Waals surface area (Å²) in [4.78, 5) is 17.0.